The van der Waals surface area contributed by atoms with Gasteiger partial charge in [-0.05, 0) is 68.1 Å². The van der Waals surface area contributed by atoms with Crippen LogP contribution < -0.4 is 27.0 Å². The molecule has 8 nitrogen and oxygen atoms in total. The highest BCUT2D eigenvalue weighted by molar-refractivity contribution is 5.73. The Morgan fingerprint density at radius 1 is 1.09 bits per heavy atom. The number of nitrogen functional groups attached to an aromatic ring is 2. The molecule has 164 valence electrons. The minimum atomic E-state index is 0.280. The van der Waals surface area contributed by atoms with Crippen molar-refractivity contribution in [2.75, 3.05) is 40.1 Å². The number of nitrogens with one attached hydrogen (secondary N) is 2. The van der Waals surface area contributed by atoms with Crippen molar-refractivity contribution in [3.05, 3.63) is 59.3 Å². The predicted molar refractivity (Wildman–Crippen MR) is 130 cm³/mol. The number of anilines is 6. The SMILES string of the molecule is Cc1cc(C#N)cc(C)c1Nc1nc(NC2CCN(c3cccc(N)c3)CC2)ncc1N. The molecule has 1 aliphatic heterocycles. The molecule has 0 amide bonds. The second-order valence-corrected chi connectivity index (χ2v) is 8.22. The lowest BCUT2D eigenvalue weighted by Gasteiger charge is -2.34. The second-order valence-electron chi connectivity index (χ2n) is 8.22. The minimum Gasteiger partial charge on any atom is -0.399 e. The van der Waals surface area contributed by atoms with Gasteiger partial charge in [0.15, 0.2) is 5.82 Å². The third-order valence-corrected chi connectivity index (χ3v) is 5.79. The largest absolute Gasteiger partial charge is 0.399 e. The van der Waals surface area contributed by atoms with E-state index in [-0.39, 0.29) is 6.04 Å². The van der Waals surface area contributed by atoms with Crippen LogP contribution in [0.25, 0.3) is 0 Å². The topological polar surface area (TPSA) is 129 Å². The predicted octanol–water partition coefficient (Wildman–Crippen LogP) is 3.95. The number of aromatic nitrogens is 2. The van der Waals surface area contributed by atoms with E-state index in [4.69, 9.17) is 16.7 Å². The first-order chi connectivity index (χ1) is 15.4. The van der Waals surface area contributed by atoms with Crippen LogP contribution in [0.3, 0.4) is 0 Å². The van der Waals surface area contributed by atoms with E-state index in [0.29, 0.717) is 23.0 Å². The zero-order valence-electron chi connectivity index (χ0n) is 18.4. The van der Waals surface area contributed by atoms with Crippen molar-refractivity contribution in [1.29, 1.82) is 5.26 Å². The van der Waals surface area contributed by atoms with Crippen LogP contribution in [0.1, 0.15) is 29.5 Å². The summed E-state index contributed by atoms with van der Waals surface area (Å²) in [6.45, 7) is 5.79. The van der Waals surface area contributed by atoms with E-state index in [1.807, 2.05) is 44.2 Å². The number of rotatable bonds is 5. The molecule has 0 bridgehead atoms. The van der Waals surface area contributed by atoms with Gasteiger partial charge in [0, 0.05) is 36.2 Å². The monoisotopic (exact) mass is 428 g/mol. The number of piperidine rings is 1. The molecule has 1 aliphatic rings. The van der Waals surface area contributed by atoms with Crippen LogP contribution in [0.5, 0.6) is 0 Å². The lowest BCUT2D eigenvalue weighted by atomic mass is 10.0. The Kier molecular flexibility index (Phi) is 5.99. The molecule has 0 saturated carbocycles. The van der Waals surface area contributed by atoms with Gasteiger partial charge in [-0.1, -0.05) is 6.07 Å². The lowest BCUT2D eigenvalue weighted by molar-refractivity contribution is 0.524. The molecule has 0 aliphatic carbocycles. The number of hydrogen-bond acceptors (Lipinski definition) is 8. The van der Waals surface area contributed by atoms with Crippen molar-refractivity contribution in [2.45, 2.75) is 32.7 Å². The van der Waals surface area contributed by atoms with Crippen molar-refractivity contribution >= 4 is 34.5 Å². The Morgan fingerprint density at radius 2 is 1.81 bits per heavy atom. The second kappa shape index (κ2) is 9.02. The molecule has 32 heavy (non-hydrogen) atoms. The van der Waals surface area contributed by atoms with E-state index in [9.17, 15) is 0 Å². The minimum absolute atomic E-state index is 0.280. The maximum Gasteiger partial charge on any atom is 0.224 e. The molecule has 2 heterocycles. The molecule has 1 fully saturated rings. The summed E-state index contributed by atoms with van der Waals surface area (Å²) in [6.07, 6.45) is 3.56. The molecule has 2 aromatic carbocycles. The zero-order chi connectivity index (χ0) is 22.7. The van der Waals surface area contributed by atoms with Crippen molar-refractivity contribution in [1.82, 2.24) is 9.97 Å². The van der Waals surface area contributed by atoms with E-state index in [1.165, 1.54) is 0 Å². The van der Waals surface area contributed by atoms with Gasteiger partial charge in [-0.15, -0.1) is 0 Å². The van der Waals surface area contributed by atoms with Crippen LogP contribution in [-0.2, 0) is 0 Å². The third kappa shape index (κ3) is 4.67. The Bertz CT molecular complexity index is 1140. The van der Waals surface area contributed by atoms with Gasteiger partial charge in [-0.2, -0.15) is 10.2 Å². The highest BCUT2D eigenvalue weighted by Gasteiger charge is 2.20. The van der Waals surface area contributed by atoms with Gasteiger partial charge in [0.05, 0.1) is 23.5 Å². The third-order valence-electron chi connectivity index (χ3n) is 5.79. The first kappa shape index (κ1) is 21.2. The Labute approximate surface area is 188 Å². The molecular formula is C24H28N8. The molecular weight excluding hydrogens is 400 g/mol. The average Bonchev–Trinajstić information content (AvgIpc) is 2.78. The van der Waals surface area contributed by atoms with Crippen molar-refractivity contribution in [3.63, 3.8) is 0 Å². The van der Waals surface area contributed by atoms with Crippen molar-refractivity contribution < 1.29 is 0 Å². The van der Waals surface area contributed by atoms with Crippen molar-refractivity contribution in [3.8, 4) is 6.07 Å². The standard InChI is InChI=1S/C24H28N8/c1-15-10-17(13-25)11-16(2)22(15)30-23-21(27)14-28-24(31-23)29-19-6-8-32(9-7-19)20-5-3-4-18(26)12-20/h3-5,10-12,14,19H,6-9,26-27H2,1-2H3,(H2,28,29,30,31). The van der Waals surface area contributed by atoms with E-state index in [0.717, 1.165) is 54.1 Å². The molecule has 0 unspecified atom stereocenters. The van der Waals surface area contributed by atoms with Gasteiger partial charge >= 0.3 is 0 Å². The fourth-order valence-electron chi connectivity index (χ4n) is 4.09. The molecule has 4 rings (SSSR count). The molecule has 3 aromatic rings. The van der Waals surface area contributed by atoms with Crippen molar-refractivity contribution in [2.24, 2.45) is 0 Å². The summed E-state index contributed by atoms with van der Waals surface area (Å²) in [5.74, 6) is 1.10. The highest BCUT2D eigenvalue weighted by Crippen LogP contribution is 2.29. The summed E-state index contributed by atoms with van der Waals surface area (Å²) in [5, 5.41) is 15.9. The quantitative estimate of drug-likeness (QED) is 0.450. The summed E-state index contributed by atoms with van der Waals surface area (Å²) in [7, 11) is 0. The molecule has 0 atom stereocenters. The summed E-state index contributed by atoms with van der Waals surface area (Å²) in [4.78, 5) is 11.3. The van der Waals surface area contributed by atoms with E-state index in [1.54, 1.807) is 6.20 Å². The van der Waals surface area contributed by atoms with E-state index >= 15 is 0 Å². The number of aryl methyl sites for hydroxylation is 2. The maximum atomic E-state index is 9.17. The Hall–Kier alpha value is -3.99. The zero-order valence-corrected chi connectivity index (χ0v) is 18.4. The first-order valence-corrected chi connectivity index (χ1v) is 10.7. The van der Waals surface area contributed by atoms with Crippen LogP contribution in [0, 0.1) is 25.2 Å². The van der Waals surface area contributed by atoms with Gasteiger partial charge in [0.1, 0.15) is 0 Å². The smallest absolute Gasteiger partial charge is 0.224 e. The normalized spacial score (nSPS) is 14.1. The highest BCUT2D eigenvalue weighted by atomic mass is 15.2. The van der Waals surface area contributed by atoms with Crippen LogP contribution in [0.4, 0.5) is 34.5 Å². The maximum absolute atomic E-state index is 9.17. The van der Waals surface area contributed by atoms with Gasteiger partial charge in [0.2, 0.25) is 5.95 Å². The number of nitriles is 1. The fraction of sp³-hybridized carbons (Fsp3) is 0.292. The van der Waals surface area contributed by atoms with Crippen LogP contribution >= 0.6 is 0 Å². The molecule has 6 N–H and O–H groups in total. The van der Waals surface area contributed by atoms with E-state index < -0.39 is 0 Å². The molecule has 1 aromatic heterocycles. The number of benzene rings is 2. The van der Waals surface area contributed by atoms with Gasteiger partial charge < -0.3 is 27.0 Å². The molecule has 0 spiro atoms. The Balaban J connectivity index is 1.43. The summed E-state index contributed by atoms with van der Waals surface area (Å²) < 4.78 is 0. The van der Waals surface area contributed by atoms with E-state index in [2.05, 4.69) is 37.6 Å². The Morgan fingerprint density at radius 3 is 2.47 bits per heavy atom. The molecule has 8 heteroatoms. The molecule has 0 radical (unpaired) electrons. The van der Waals surface area contributed by atoms with Crippen LogP contribution in [0.15, 0.2) is 42.6 Å². The lowest BCUT2D eigenvalue weighted by Crippen LogP contribution is -2.39. The summed E-state index contributed by atoms with van der Waals surface area (Å²) in [5.41, 5.74) is 17.9. The van der Waals surface area contributed by atoms with Crippen LogP contribution in [-0.4, -0.2) is 29.1 Å². The number of hydrogen-bond donors (Lipinski definition) is 4. The number of nitrogens with zero attached hydrogens (tertiary/aromatic N) is 4. The average molecular weight is 429 g/mol. The summed E-state index contributed by atoms with van der Waals surface area (Å²) in [6, 6.07) is 14.2. The first-order valence-electron chi connectivity index (χ1n) is 10.7. The van der Waals surface area contributed by atoms with Gasteiger partial charge in [-0.3, -0.25) is 0 Å². The van der Waals surface area contributed by atoms with Gasteiger partial charge in [-0.25, -0.2) is 4.98 Å². The van der Waals surface area contributed by atoms with Gasteiger partial charge in [0.25, 0.3) is 0 Å². The van der Waals surface area contributed by atoms with Crippen LogP contribution in [0.2, 0.25) is 0 Å². The number of nitrogens with two attached hydrogens (primary N) is 2. The summed E-state index contributed by atoms with van der Waals surface area (Å²) >= 11 is 0. The molecule has 1 saturated heterocycles. The fourth-order valence-corrected chi connectivity index (χ4v) is 4.09.